The molecule has 0 spiro atoms. The van der Waals surface area contributed by atoms with Gasteiger partial charge in [0, 0.05) is 16.3 Å². The predicted octanol–water partition coefficient (Wildman–Crippen LogP) is 0.758. The summed E-state index contributed by atoms with van der Waals surface area (Å²) in [5.74, 6) is -0.454. The number of nitrogens with one attached hydrogen (secondary N) is 2. The third-order valence-corrected chi connectivity index (χ3v) is 6.36. The molecule has 10 N–H and O–H groups in total. The first-order chi connectivity index (χ1) is 15.0. The van der Waals surface area contributed by atoms with Crippen LogP contribution in [-0.4, -0.2) is 50.1 Å². The average molecular weight is 455 g/mol. The Bertz CT molecular complexity index is 625. The van der Waals surface area contributed by atoms with Crippen molar-refractivity contribution in [3.05, 3.63) is 21.9 Å². The molecule has 0 saturated heterocycles. The molecule has 0 aliphatic carbocycles. The maximum atomic E-state index is 12.7. The zero-order valence-corrected chi connectivity index (χ0v) is 19.6. The number of carbonyl (C=O) groups excluding carboxylic acids is 2. The van der Waals surface area contributed by atoms with Gasteiger partial charge in [-0.1, -0.05) is 6.42 Å². The minimum atomic E-state index is -0.625. The largest absolute Gasteiger partial charge is 0.354 e. The Kier molecular flexibility index (Phi) is 15.2. The number of unbranched alkanes of at least 4 members (excludes halogenated alkanes) is 3. The summed E-state index contributed by atoms with van der Waals surface area (Å²) in [7, 11) is 0. The summed E-state index contributed by atoms with van der Waals surface area (Å²) in [4.78, 5) is 27.7. The molecule has 1 aromatic rings. The van der Waals surface area contributed by atoms with E-state index < -0.39 is 12.1 Å². The first-order valence-electron chi connectivity index (χ1n) is 11.5. The normalized spacial score (nSPS) is 13.0. The van der Waals surface area contributed by atoms with Gasteiger partial charge in [0.1, 0.15) is 6.04 Å². The third kappa shape index (κ3) is 12.2. The number of nitrogens with two attached hydrogens (primary N) is 4. The molecule has 1 aromatic heterocycles. The standard InChI is InChI=1S/C22H42N6O2S/c23-13-4-1-7-17-10-11-18(31-17)12-16-27-22(30)20(9-3-6-15-25)28-21(29)19(26)8-2-5-14-24/h10-11,19-20H,1-9,12-16,23-26H2,(H,27,30)(H,28,29)/t19-,20-/m1/s1. The first kappa shape index (κ1) is 27.5. The molecule has 9 heteroatoms. The van der Waals surface area contributed by atoms with Crippen molar-refractivity contribution in [3.8, 4) is 0 Å². The van der Waals surface area contributed by atoms with Crippen LogP contribution in [0.3, 0.4) is 0 Å². The molecular formula is C22H42N6O2S. The molecule has 0 bridgehead atoms. The van der Waals surface area contributed by atoms with E-state index in [4.69, 9.17) is 22.9 Å². The number of carbonyl (C=O) groups is 2. The van der Waals surface area contributed by atoms with Crippen molar-refractivity contribution in [2.24, 2.45) is 22.9 Å². The maximum absolute atomic E-state index is 12.7. The van der Waals surface area contributed by atoms with Gasteiger partial charge in [-0.25, -0.2) is 0 Å². The second kappa shape index (κ2) is 17.1. The first-order valence-corrected chi connectivity index (χ1v) is 12.3. The highest BCUT2D eigenvalue weighted by molar-refractivity contribution is 7.11. The van der Waals surface area contributed by atoms with Crippen LogP contribution in [0.1, 0.15) is 61.1 Å². The number of aryl methyl sites for hydroxylation is 1. The van der Waals surface area contributed by atoms with Crippen molar-refractivity contribution < 1.29 is 9.59 Å². The lowest BCUT2D eigenvalue weighted by Crippen LogP contribution is -2.51. The summed E-state index contributed by atoms with van der Waals surface area (Å²) >= 11 is 1.78. The Balaban J connectivity index is 2.48. The minimum absolute atomic E-state index is 0.167. The van der Waals surface area contributed by atoms with Gasteiger partial charge in [0.2, 0.25) is 11.8 Å². The van der Waals surface area contributed by atoms with Crippen LogP contribution in [0.4, 0.5) is 0 Å². The van der Waals surface area contributed by atoms with Gasteiger partial charge in [-0.15, -0.1) is 11.3 Å². The summed E-state index contributed by atoms with van der Waals surface area (Å²) in [6.07, 6.45) is 8.29. The fraction of sp³-hybridized carbons (Fsp3) is 0.727. The number of thiophene rings is 1. The Morgan fingerprint density at radius 3 is 2.03 bits per heavy atom. The second-order valence-corrected chi connectivity index (χ2v) is 9.14. The van der Waals surface area contributed by atoms with E-state index >= 15 is 0 Å². The summed E-state index contributed by atoms with van der Waals surface area (Å²) in [6, 6.07) is 3.06. The van der Waals surface area contributed by atoms with Crippen molar-refractivity contribution in [1.82, 2.24) is 10.6 Å². The molecule has 2 amide bonds. The van der Waals surface area contributed by atoms with Crippen LogP contribution in [0.2, 0.25) is 0 Å². The molecular weight excluding hydrogens is 412 g/mol. The number of hydrogen-bond donors (Lipinski definition) is 6. The smallest absolute Gasteiger partial charge is 0.242 e. The van der Waals surface area contributed by atoms with Crippen molar-refractivity contribution in [1.29, 1.82) is 0 Å². The molecule has 8 nitrogen and oxygen atoms in total. The Labute approximate surface area is 190 Å². The number of amides is 2. The lowest BCUT2D eigenvalue weighted by atomic mass is 10.1. The summed E-state index contributed by atoms with van der Waals surface area (Å²) in [5.41, 5.74) is 22.6. The highest BCUT2D eigenvalue weighted by atomic mass is 32.1. The Morgan fingerprint density at radius 2 is 1.39 bits per heavy atom. The third-order valence-electron chi connectivity index (χ3n) is 5.15. The molecule has 0 fully saturated rings. The molecule has 0 unspecified atom stereocenters. The van der Waals surface area contributed by atoms with Gasteiger partial charge in [-0.2, -0.15) is 0 Å². The summed E-state index contributed by atoms with van der Waals surface area (Å²) in [6.45, 7) is 2.41. The molecule has 0 saturated carbocycles. The molecule has 2 atom stereocenters. The molecule has 0 aliphatic rings. The summed E-state index contributed by atoms with van der Waals surface area (Å²) in [5, 5.41) is 5.79. The zero-order valence-electron chi connectivity index (χ0n) is 18.7. The lowest BCUT2D eigenvalue weighted by molar-refractivity contribution is -0.129. The van der Waals surface area contributed by atoms with Crippen LogP contribution >= 0.6 is 11.3 Å². The summed E-state index contributed by atoms with van der Waals surface area (Å²) < 4.78 is 0. The van der Waals surface area contributed by atoms with E-state index in [-0.39, 0.29) is 11.8 Å². The second-order valence-electron chi connectivity index (χ2n) is 7.89. The number of rotatable bonds is 18. The van der Waals surface area contributed by atoms with Gasteiger partial charge in [0.15, 0.2) is 0 Å². The van der Waals surface area contributed by atoms with Crippen LogP contribution in [0.25, 0.3) is 0 Å². The molecule has 0 aliphatic heterocycles. The highest BCUT2D eigenvalue weighted by Crippen LogP contribution is 2.18. The van der Waals surface area contributed by atoms with Gasteiger partial charge < -0.3 is 33.6 Å². The van der Waals surface area contributed by atoms with E-state index in [1.165, 1.54) is 9.75 Å². The molecule has 1 heterocycles. The van der Waals surface area contributed by atoms with Crippen molar-refractivity contribution in [2.45, 2.75) is 76.3 Å². The van der Waals surface area contributed by atoms with Crippen LogP contribution in [0.15, 0.2) is 12.1 Å². The van der Waals surface area contributed by atoms with Gasteiger partial charge in [0.05, 0.1) is 6.04 Å². The molecule has 178 valence electrons. The maximum Gasteiger partial charge on any atom is 0.242 e. The minimum Gasteiger partial charge on any atom is -0.354 e. The monoisotopic (exact) mass is 454 g/mol. The van der Waals surface area contributed by atoms with E-state index in [0.29, 0.717) is 32.5 Å². The van der Waals surface area contributed by atoms with E-state index in [2.05, 4.69) is 22.8 Å². The topological polar surface area (TPSA) is 162 Å². The Morgan fingerprint density at radius 1 is 0.806 bits per heavy atom. The fourth-order valence-electron chi connectivity index (χ4n) is 3.25. The van der Waals surface area contributed by atoms with Crippen LogP contribution in [-0.2, 0) is 22.4 Å². The zero-order chi connectivity index (χ0) is 22.9. The average Bonchev–Trinajstić information content (AvgIpc) is 3.20. The van der Waals surface area contributed by atoms with E-state index in [1.54, 1.807) is 11.3 Å². The van der Waals surface area contributed by atoms with Gasteiger partial charge >= 0.3 is 0 Å². The van der Waals surface area contributed by atoms with Crippen LogP contribution in [0.5, 0.6) is 0 Å². The molecule has 1 rings (SSSR count). The van der Waals surface area contributed by atoms with Crippen molar-refractivity contribution >= 4 is 23.2 Å². The molecule has 31 heavy (non-hydrogen) atoms. The van der Waals surface area contributed by atoms with Crippen LogP contribution in [0, 0.1) is 0 Å². The Hall–Kier alpha value is -1.52. The van der Waals surface area contributed by atoms with E-state index in [1.807, 2.05) is 0 Å². The lowest BCUT2D eigenvalue weighted by Gasteiger charge is -2.20. The molecule has 0 aromatic carbocycles. The SMILES string of the molecule is NCCCCc1ccc(CCNC(=O)[C@@H](CCCCN)NC(=O)[C@H](N)CCCCN)s1. The fourth-order valence-corrected chi connectivity index (χ4v) is 4.31. The van der Waals surface area contributed by atoms with Crippen LogP contribution < -0.4 is 33.6 Å². The van der Waals surface area contributed by atoms with Crippen molar-refractivity contribution in [2.75, 3.05) is 26.2 Å². The van der Waals surface area contributed by atoms with Crippen molar-refractivity contribution in [3.63, 3.8) is 0 Å². The quantitative estimate of drug-likeness (QED) is 0.179. The predicted molar refractivity (Wildman–Crippen MR) is 129 cm³/mol. The van der Waals surface area contributed by atoms with Gasteiger partial charge in [0.25, 0.3) is 0 Å². The number of hydrogen-bond acceptors (Lipinski definition) is 7. The highest BCUT2D eigenvalue weighted by Gasteiger charge is 2.23. The molecule has 0 radical (unpaired) electrons. The van der Waals surface area contributed by atoms with Gasteiger partial charge in [-0.05, 0) is 89.6 Å². The van der Waals surface area contributed by atoms with E-state index in [0.717, 1.165) is 57.9 Å². The van der Waals surface area contributed by atoms with E-state index in [9.17, 15) is 9.59 Å². The van der Waals surface area contributed by atoms with Gasteiger partial charge in [-0.3, -0.25) is 9.59 Å².